The molecule has 0 saturated carbocycles. The molecule has 1 unspecified atom stereocenters. The lowest BCUT2D eigenvalue weighted by Crippen LogP contribution is -2.32. The topological polar surface area (TPSA) is 81.1 Å². The first kappa shape index (κ1) is 15.3. The number of amides is 1. The van der Waals surface area contributed by atoms with Crippen molar-refractivity contribution in [3.05, 3.63) is 23.8 Å². The van der Waals surface area contributed by atoms with E-state index >= 15 is 0 Å². The summed E-state index contributed by atoms with van der Waals surface area (Å²) in [6, 6.07) is 5.14. The summed E-state index contributed by atoms with van der Waals surface area (Å²) in [6.07, 6.45) is 5.85. The molecule has 5 N–H and O–H groups in total. The van der Waals surface area contributed by atoms with Gasteiger partial charge in [-0.05, 0) is 31.5 Å². The van der Waals surface area contributed by atoms with E-state index in [1.807, 2.05) is 6.92 Å². The highest BCUT2D eigenvalue weighted by Gasteiger charge is 2.12. The van der Waals surface area contributed by atoms with Crippen molar-refractivity contribution in [3.63, 3.8) is 0 Å². The van der Waals surface area contributed by atoms with Gasteiger partial charge in [0.1, 0.15) is 0 Å². The van der Waals surface area contributed by atoms with Gasteiger partial charge in [0, 0.05) is 17.4 Å². The molecule has 1 rings (SSSR count). The van der Waals surface area contributed by atoms with Crippen LogP contribution in [0.2, 0.25) is 0 Å². The minimum atomic E-state index is -0.125. The lowest BCUT2D eigenvalue weighted by atomic mass is 10.1. The highest BCUT2D eigenvalue weighted by Crippen LogP contribution is 2.16. The quantitative estimate of drug-likeness (QED) is 0.522. The minimum absolute atomic E-state index is 0.125. The molecule has 0 fully saturated rings. The number of hydrogen-bond acceptors (Lipinski definition) is 3. The molecule has 0 spiro atoms. The molecule has 0 radical (unpaired) electrons. The first-order chi connectivity index (χ1) is 9.04. The van der Waals surface area contributed by atoms with Crippen molar-refractivity contribution < 1.29 is 4.79 Å². The monoisotopic (exact) mass is 263 g/mol. The van der Waals surface area contributed by atoms with Crippen LogP contribution in [0.25, 0.3) is 0 Å². The van der Waals surface area contributed by atoms with Crippen molar-refractivity contribution in [3.8, 4) is 0 Å². The first-order valence-electron chi connectivity index (χ1n) is 7.00. The molecule has 0 bridgehead atoms. The van der Waals surface area contributed by atoms with Crippen molar-refractivity contribution >= 4 is 17.3 Å². The van der Waals surface area contributed by atoms with Crippen LogP contribution in [0.15, 0.2) is 18.2 Å². The Labute approximate surface area is 115 Å². The average molecular weight is 263 g/mol. The second-order valence-corrected chi connectivity index (χ2v) is 5.07. The van der Waals surface area contributed by atoms with E-state index in [1.54, 1.807) is 18.2 Å². The van der Waals surface area contributed by atoms with Crippen molar-refractivity contribution in [2.24, 2.45) is 0 Å². The summed E-state index contributed by atoms with van der Waals surface area (Å²) in [4.78, 5) is 12.0. The van der Waals surface area contributed by atoms with E-state index in [0.29, 0.717) is 16.9 Å². The number of anilines is 2. The predicted molar refractivity (Wildman–Crippen MR) is 81.0 cm³/mol. The van der Waals surface area contributed by atoms with Gasteiger partial charge in [-0.3, -0.25) is 4.79 Å². The normalized spacial score (nSPS) is 12.1. The second kappa shape index (κ2) is 7.67. The van der Waals surface area contributed by atoms with E-state index in [4.69, 9.17) is 11.5 Å². The molecule has 1 aromatic rings. The molecule has 0 aliphatic carbocycles. The van der Waals surface area contributed by atoms with E-state index in [9.17, 15) is 4.79 Å². The Bertz CT molecular complexity index is 418. The number of carbonyl (C=O) groups is 1. The number of nitrogen functional groups attached to an aromatic ring is 2. The molecule has 0 aromatic heterocycles. The van der Waals surface area contributed by atoms with Gasteiger partial charge in [-0.1, -0.05) is 32.6 Å². The van der Waals surface area contributed by atoms with E-state index in [0.717, 1.165) is 12.8 Å². The molecular formula is C15H25N3O. The number of benzene rings is 1. The fourth-order valence-electron chi connectivity index (χ4n) is 2.04. The number of rotatable bonds is 7. The van der Waals surface area contributed by atoms with Gasteiger partial charge in [-0.15, -0.1) is 0 Å². The van der Waals surface area contributed by atoms with E-state index in [1.165, 1.54) is 19.3 Å². The largest absolute Gasteiger partial charge is 0.399 e. The SMILES string of the molecule is CCCCCCC(C)NC(=O)c1ccc(N)cc1N. The van der Waals surface area contributed by atoms with Gasteiger partial charge in [0.05, 0.1) is 5.56 Å². The number of carbonyl (C=O) groups excluding carboxylic acids is 1. The highest BCUT2D eigenvalue weighted by atomic mass is 16.1. The van der Waals surface area contributed by atoms with Crippen LogP contribution in [-0.2, 0) is 0 Å². The zero-order valence-corrected chi connectivity index (χ0v) is 11.9. The summed E-state index contributed by atoms with van der Waals surface area (Å²) < 4.78 is 0. The first-order valence-corrected chi connectivity index (χ1v) is 7.00. The number of nitrogens with one attached hydrogen (secondary N) is 1. The molecule has 4 nitrogen and oxygen atoms in total. The van der Waals surface area contributed by atoms with Gasteiger partial charge in [-0.25, -0.2) is 0 Å². The Kier molecular flexibility index (Phi) is 6.19. The van der Waals surface area contributed by atoms with Crippen LogP contribution < -0.4 is 16.8 Å². The lowest BCUT2D eigenvalue weighted by molar-refractivity contribution is 0.0939. The van der Waals surface area contributed by atoms with Gasteiger partial charge in [0.15, 0.2) is 0 Å². The molecular weight excluding hydrogens is 238 g/mol. The summed E-state index contributed by atoms with van der Waals surface area (Å²) >= 11 is 0. The fourth-order valence-corrected chi connectivity index (χ4v) is 2.04. The van der Waals surface area contributed by atoms with Gasteiger partial charge >= 0.3 is 0 Å². The van der Waals surface area contributed by atoms with Crippen LogP contribution in [-0.4, -0.2) is 11.9 Å². The lowest BCUT2D eigenvalue weighted by Gasteiger charge is -2.14. The standard InChI is InChI=1S/C15H25N3O/c1-3-4-5-6-7-11(2)18-15(19)13-9-8-12(16)10-14(13)17/h8-11H,3-7,16-17H2,1-2H3,(H,18,19). The third kappa shape index (κ3) is 5.20. The van der Waals surface area contributed by atoms with Gasteiger partial charge < -0.3 is 16.8 Å². The molecule has 0 saturated heterocycles. The molecule has 1 amide bonds. The van der Waals surface area contributed by atoms with Crippen LogP contribution >= 0.6 is 0 Å². The molecule has 0 aliphatic rings. The van der Waals surface area contributed by atoms with Crippen LogP contribution in [0, 0.1) is 0 Å². The number of unbranched alkanes of at least 4 members (excludes halogenated alkanes) is 3. The van der Waals surface area contributed by atoms with E-state index in [2.05, 4.69) is 12.2 Å². The van der Waals surface area contributed by atoms with Crippen molar-refractivity contribution in [1.82, 2.24) is 5.32 Å². The maximum Gasteiger partial charge on any atom is 0.253 e. The van der Waals surface area contributed by atoms with Crippen LogP contribution in [0.4, 0.5) is 11.4 Å². The highest BCUT2D eigenvalue weighted by molar-refractivity contribution is 5.99. The molecule has 0 aliphatic heterocycles. The summed E-state index contributed by atoms with van der Waals surface area (Å²) in [6.45, 7) is 4.21. The molecule has 4 heteroatoms. The summed E-state index contributed by atoms with van der Waals surface area (Å²) in [5.41, 5.74) is 12.9. The maximum absolute atomic E-state index is 12.0. The fraction of sp³-hybridized carbons (Fsp3) is 0.533. The zero-order chi connectivity index (χ0) is 14.3. The predicted octanol–water partition coefficient (Wildman–Crippen LogP) is 2.94. The summed E-state index contributed by atoms with van der Waals surface area (Å²) in [5, 5.41) is 2.97. The molecule has 1 aromatic carbocycles. The molecule has 1 atom stereocenters. The number of nitrogens with two attached hydrogens (primary N) is 2. The maximum atomic E-state index is 12.0. The van der Waals surface area contributed by atoms with E-state index in [-0.39, 0.29) is 11.9 Å². The molecule has 106 valence electrons. The van der Waals surface area contributed by atoms with Crippen LogP contribution in [0.1, 0.15) is 56.3 Å². The van der Waals surface area contributed by atoms with Crippen molar-refractivity contribution in [2.75, 3.05) is 11.5 Å². The summed E-state index contributed by atoms with van der Waals surface area (Å²) in [7, 11) is 0. The Hall–Kier alpha value is -1.71. The van der Waals surface area contributed by atoms with Crippen molar-refractivity contribution in [2.45, 2.75) is 52.0 Å². The van der Waals surface area contributed by atoms with Crippen LogP contribution in [0.3, 0.4) is 0 Å². The Morgan fingerprint density at radius 1 is 1.26 bits per heavy atom. The smallest absolute Gasteiger partial charge is 0.253 e. The minimum Gasteiger partial charge on any atom is -0.399 e. The molecule has 19 heavy (non-hydrogen) atoms. The van der Waals surface area contributed by atoms with Gasteiger partial charge in [-0.2, -0.15) is 0 Å². The molecule has 0 heterocycles. The van der Waals surface area contributed by atoms with Gasteiger partial charge in [0.2, 0.25) is 0 Å². The second-order valence-electron chi connectivity index (χ2n) is 5.07. The average Bonchev–Trinajstić information content (AvgIpc) is 2.34. The Balaban J connectivity index is 2.45. The summed E-state index contributed by atoms with van der Waals surface area (Å²) in [5.74, 6) is -0.125. The van der Waals surface area contributed by atoms with Crippen molar-refractivity contribution in [1.29, 1.82) is 0 Å². The third-order valence-corrected chi connectivity index (χ3v) is 3.19. The number of hydrogen-bond donors (Lipinski definition) is 3. The Morgan fingerprint density at radius 2 is 2.00 bits per heavy atom. The van der Waals surface area contributed by atoms with Gasteiger partial charge in [0.25, 0.3) is 5.91 Å². The van der Waals surface area contributed by atoms with Crippen LogP contribution in [0.5, 0.6) is 0 Å². The van der Waals surface area contributed by atoms with E-state index < -0.39 is 0 Å². The third-order valence-electron chi connectivity index (χ3n) is 3.19. The zero-order valence-electron chi connectivity index (χ0n) is 11.9. The Morgan fingerprint density at radius 3 is 2.63 bits per heavy atom.